The van der Waals surface area contributed by atoms with Gasteiger partial charge in [-0.3, -0.25) is 14.7 Å². The van der Waals surface area contributed by atoms with Crippen molar-refractivity contribution < 1.29 is 24.2 Å². The fraction of sp³-hybridized carbons (Fsp3) is 0.323. The molecule has 3 aromatic rings. The highest BCUT2D eigenvalue weighted by molar-refractivity contribution is 6.00. The number of rotatable bonds is 9. The van der Waals surface area contributed by atoms with E-state index in [0.717, 1.165) is 11.1 Å². The lowest BCUT2D eigenvalue weighted by molar-refractivity contribution is -0.132. The van der Waals surface area contributed by atoms with Gasteiger partial charge in [0, 0.05) is 49.0 Å². The first kappa shape index (κ1) is 29.6. The van der Waals surface area contributed by atoms with Crippen LogP contribution in [0.2, 0.25) is 0 Å². The third kappa shape index (κ3) is 8.06. The number of hydrogen-bond acceptors (Lipinski definition) is 7. The van der Waals surface area contributed by atoms with Crippen molar-refractivity contribution in [1.82, 2.24) is 14.8 Å². The normalized spacial score (nSPS) is 16.1. The Morgan fingerprint density at radius 1 is 1.17 bits per heavy atom. The minimum atomic E-state index is -0.426. The number of carbonyl (C=O) groups excluding carboxylic acids is 2. The van der Waals surface area contributed by atoms with Crippen molar-refractivity contribution in [3.63, 3.8) is 0 Å². The van der Waals surface area contributed by atoms with E-state index in [-0.39, 0.29) is 25.5 Å². The molecule has 216 valence electrons. The number of anilines is 2. The Morgan fingerprint density at radius 2 is 1.85 bits per heavy atom. The van der Waals surface area contributed by atoms with Gasteiger partial charge in [-0.2, -0.15) is 0 Å². The van der Waals surface area contributed by atoms with Gasteiger partial charge in [0.25, 0.3) is 0 Å². The lowest BCUT2D eigenvalue weighted by atomic mass is 10.1. The lowest BCUT2D eigenvalue weighted by Crippen LogP contribution is -2.44. The Bertz CT molecular complexity index is 1350. The Hall–Kier alpha value is -4.41. The number of aliphatic hydroxyl groups excluding tert-OH is 1. The minimum absolute atomic E-state index is 0.0438. The minimum Gasteiger partial charge on any atom is -0.497 e. The first-order valence-electron chi connectivity index (χ1n) is 13.4. The fourth-order valence-electron chi connectivity index (χ4n) is 4.60. The van der Waals surface area contributed by atoms with Gasteiger partial charge in [0.15, 0.2) is 0 Å². The number of aromatic nitrogens is 1. The molecule has 3 N–H and O–H groups in total. The highest BCUT2D eigenvalue weighted by Gasteiger charge is 2.29. The number of nitrogens with one attached hydrogen (secondary N) is 2. The van der Waals surface area contributed by atoms with Crippen molar-refractivity contribution in [1.29, 1.82) is 0 Å². The van der Waals surface area contributed by atoms with Crippen molar-refractivity contribution in [3.05, 3.63) is 90.3 Å². The van der Waals surface area contributed by atoms with Gasteiger partial charge in [0.2, 0.25) is 5.91 Å². The molecule has 0 saturated carbocycles. The number of urea groups is 1. The van der Waals surface area contributed by atoms with Gasteiger partial charge in [0.1, 0.15) is 17.6 Å². The first-order valence-corrected chi connectivity index (χ1v) is 13.4. The third-order valence-corrected chi connectivity index (χ3v) is 6.90. The third-order valence-electron chi connectivity index (χ3n) is 6.90. The van der Waals surface area contributed by atoms with E-state index in [1.807, 2.05) is 19.2 Å². The molecule has 3 amide bonds. The summed E-state index contributed by atoms with van der Waals surface area (Å²) in [4.78, 5) is 33.9. The summed E-state index contributed by atoms with van der Waals surface area (Å²) in [6, 6.07) is 15.3. The molecule has 1 unspecified atom stereocenters. The molecular formula is C31H37N5O5. The van der Waals surface area contributed by atoms with Gasteiger partial charge in [-0.15, -0.1) is 0 Å². The number of benzene rings is 2. The Kier molecular flexibility index (Phi) is 9.94. The summed E-state index contributed by atoms with van der Waals surface area (Å²) in [5.41, 5.74) is 3.59. The highest BCUT2D eigenvalue weighted by Crippen LogP contribution is 2.29. The standard InChI is InChI=1S/C31H37N5O5/c1-21-17-36(22(2)20-37)30(38)16-24-15-26(34-31(39)33-25-5-8-27(40-4)9-6-25)7-10-28(24)41-29(21)19-35(3)18-23-11-13-32-14-12-23/h5-15,22,29,37H,1,16-20H2,2-4H3,(H2,33,34,39)/t22-,29?/m0/s1. The first-order chi connectivity index (χ1) is 19.7. The van der Waals surface area contributed by atoms with Gasteiger partial charge < -0.3 is 30.1 Å². The van der Waals surface area contributed by atoms with Crippen LogP contribution in [0.15, 0.2) is 79.1 Å². The Labute approximate surface area is 240 Å². The van der Waals surface area contributed by atoms with Crippen LogP contribution in [0.25, 0.3) is 0 Å². The maximum Gasteiger partial charge on any atom is 0.323 e. The van der Waals surface area contributed by atoms with Crippen LogP contribution in [0.4, 0.5) is 16.2 Å². The van der Waals surface area contributed by atoms with E-state index in [9.17, 15) is 14.7 Å². The van der Waals surface area contributed by atoms with Crippen molar-refractivity contribution in [2.45, 2.75) is 32.0 Å². The molecule has 1 aliphatic heterocycles. The molecule has 4 rings (SSSR count). The average molecular weight is 560 g/mol. The summed E-state index contributed by atoms with van der Waals surface area (Å²) in [6.07, 6.45) is 3.15. The number of pyridine rings is 1. The van der Waals surface area contributed by atoms with E-state index in [1.165, 1.54) is 0 Å². The van der Waals surface area contributed by atoms with Crippen LogP contribution < -0.4 is 20.1 Å². The summed E-state index contributed by atoms with van der Waals surface area (Å²) in [5, 5.41) is 15.5. The molecule has 0 aliphatic carbocycles. The van der Waals surface area contributed by atoms with Gasteiger partial charge in [-0.05, 0) is 79.7 Å². The van der Waals surface area contributed by atoms with Crippen molar-refractivity contribution >= 4 is 23.3 Å². The molecule has 2 aromatic carbocycles. The SMILES string of the molecule is C=C1CN([C@@H](C)CO)C(=O)Cc2cc(NC(=O)Nc3ccc(OC)cc3)ccc2OC1CN(C)Cc1ccncc1. The van der Waals surface area contributed by atoms with Gasteiger partial charge >= 0.3 is 6.03 Å². The Balaban J connectivity index is 1.55. The molecule has 0 spiro atoms. The van der Waals surface area contributed by atoms with Crippen LogP contribution in [0.3, 0.4) is 0 Å². The van der Waals surface area contributed by atoms with Crippen LogP contribution in [-0.2, 0) is 17.8 Å². The number of aliphatic hydroxyl groups is 1. The van der Waals surface area contributed by atoms with Crippen molar-refractivity contribution in [3.8, 4) is 11.5 Å². The molecule has 1 aromatic heterocycles. The fourth-order valence-corrected chi connectivity index (χ4v) is 4.60. The summed E-state index contributed by atoms with van der Waals surface area (Å²) >= 11 is 0. The van der Waals surface area contributed by atoms with Crippen LogP contribution in [0, 0.1) is 0 Å². The molecule has 2 atom stereocenters. The number of hydrogen-bond donors (Lipinski definition) is 3. The lowest BCUT2D eigenvalue weighted by Gasteiger charge is -2.31. The van der Waals surface area contributed by atoms with E-state index in [2.05, 4.69) is 27.1 Å². The van der Waals surface area contributed by atoms with Crippen LogP contribution in [0.5, 0.6) is 11.5 Å². The topological polar surface area (TPSA) is 116 Å². The molecule has 10 nitrogen and oxygen atoms in total. The number of likely N-dealkylation sites (N-methyl/N-ethyl adjacent to an activating group) is 1. The molecular weight excluding hydrogens is 522 g/mol. The quantitative estimate of drug-likeness (QED) is 0.340. The number of methoxy groups -OCH3 is 1. The number of nitrogens with zero attached hydrogens (tertiary/aromatic N) is 3. The number of amides is 3. The van der Waals surface area contributed by atoms with Gasteiger partial charge in [-0.25, -0.2) is 4.79 Å². The molecule has 41 heavy (non-hydrogen) atoms. The largest absolute Gasteiger partial charge is 0.497 e. The molecule has 0 fully saturated rings. The highest BCUT2D eigenvalue weighted by atomic mass is 16.5. The predicted molar refractivity (Wildman–Crippen MR) is 158 cm³/mol. The average Bonchev–Trinajstić information content (AvgIpc) is 3.01. The second kappa shape index (κ2) is 13.8. The molecule has 2 heterocycles. The van der Waals surface area contributed by atoms with E-state index >= 15 is 0 Å². The zero-order valence-corrected chi connectivity index (χ0v) is 23.7. The zero-order chi connectivity index (χ0) is 29.4. The van der Waals surface area contributed by atoms with E-state index < -0.39 is 18.2 Å². The molecule has 0 radical (unpaired) electrons. The van der Waals surface area contributed by atoms with Crippen molar-refractivity contribution in [2.75, 3.05) is 44.5 Å². The molecule has 0 saturated heterocycles. The van der Waals surface area contributed by atoms with Crippen LogP contribution >= 0.6 is 0 Å². The zero-order valence-electron chi connectivity index (χ0n) is 23.7. The molecule has 10 heteroatoms. The second-order valence-corrected chi connectivity index (χ2v) is 10.2. The number of fused-ring (bicyclic) bond motifs is 1. The van der Waals surface area contributed by atoms with Crippen LogP contribution in [-0.4, -0.2) is 77.8 Å². The summed E-state index contributed by atoms with van der Waals surface area (Å²) < 4.78 is 11.6. The molecule has 0 bridgehead atoms. The number of ether oxygens (including phenoxy) is 2. The van der Waals surface area contributed by atoms with E-state index in [1.54, 1.807) is 73.8 Å². The monoisotopic (exact) mass is 559 g/mol. The maximum atomic E-state index is 13.4. The maximum absolute atomic E-state index is 13.4. The van der Waals surface area contributed by atoms with Crippen molar-refractivity contribution in [2.24, 2.45) is 0 Å². The van der Waals surface area contributed by atoms with E-state index in [4.69, 9.17) is 9.47 Å². The smallest absolute Gasteiger partial charge is 0.323 e. The molecule has 1 aliphatic rings. The van der Waals surface area contributed by atoms with Gasteiger partial charge in [0.05, 0.1) is 26.2 Å². The second-order valence-electron chi connectivity index (χ2n) is 10.2. The Morgan fingerprint density at radius 3 is 2.54 bits per heavy atom. The predicted octanol–water partition coefficient (Wildman–Crippen LogP) is 3.94. The van der Waals surface area contributed by atoms with Crippen LogP contribution in [0.1, 0.15) is 18.1 Å². The summed E-state index contributed by atoms with van der Waals surface area (Å²) in [5.74, 6) is 1.07. The number of carbonyl (C=O) groups is 2. The summed E-state index contributed by atoms with van der Waals surface area (Å²) in [6.45, 7) is 7.37. The van der Waals surface area contributed by atoms with Gasteiger partial charge in [-0.1, -0.05) is 6.58 Å². The van der Waals surface area contributed by atoms with E-state index in [0.29, 0.717) is 41.5 Å². The summed E-state index contributed by atoms with van der Waals surface area (Å²) in [7, 11) is 3.58.